The van der Waals surface area contributed by atoms with Crippen molar-refractivity contribution in [2.24, 2.45) is 28.7 Å². The molecule has 11 nitrogen and oxygen atoms in total. The summed E-state index contributed by atoms with van der Waals surface area (Å²) < 4.78 is 6.17. The van der Waals surface area contributed by atoms with E-state index < -0.39 is 29.7 Å². The summed E-state index contributed by atoms with van der Waals surface area (Å²) in [5.74, 6) is 7.64. The largest absolute Gasteiger partial charge is 0.508 e. The number of fused-ring (bicyclic) bond motifs is 9. The predicted molar refractivity (Wildman–Crippen MR) is 287 cm³/mol. The molecule has 0 saturated heterocycles. The molecule has 6 atom stereocenters. The second-order valence-corrected chi connectivity index (χ2v) is 22.7. The molecule has 1 saturated carbocycles. The molecule has 8 rings (SSSR count). The van der Waals surface area contributed by atoms with Crippen molar-refractivity contribution >= 4 is 33.2 Å². The van der Waals surface area contributed by atoms with Gasteiger partial charge in [0.15, 0.2) is 23.1 Å². The van der Waals surface area contributed by atoms with E-state index in [4.69, 9.17) is 16.2 Å². The van der Waals surface area contributed by atoms with E-state index in [0.29, 0.717) is 78.9 Å². The Labute approximate surface area is 431 Å². The van der Waals surface area contributed by atoms with E-state index in [2.05, 4.69) is 41.1 Å². The molecule has 72 heavy (non-hydrogen) atoms. The molecule has 1 aromatic heterocycles. The third-order valence-electron chi connectivity index (χ3n) is 14.9. The fraction of sp³-hybridized carbons (Fsp3) is 0.424. The van der Waals surface area contributed by atoms with Crippen LogP contribution < -0.4 is 16.2 Å². The zero-order valence-electron chi connectivity index (χ0n) is 41.2. The molecule has 2 heterocycles. The maximum Gasteiger partial charge on any atom is 0.165 e. The standard InChI is InChI=1S/C59H69N3O8S2/c1-37(64)27-39(9-13-41-5-2-3-6-42(41)20-25-63)17-22-59-23-18-46(65)14-10-38-12-16-54(67)57(29-38)70-26-21-40-11-15-53(66)51(28-40)50-32-55(68)47-19-24-62-52(47)8-4-7-43-30-49(58(60)61)44(31-48(43)50)35-71-72-36-45(33-59)56(69)34-59/h2-3,5-6,11-12,15-16,18-19,23-24,28-31,37,39,45,50,56,58,62-64,66-67,69H,8-10,13-14,17,20-22,25-27,32-36,60-61H2,1H3/b23-18+/t37-,39+,45-,50-,56+,59+/m0/s1. The van der Waals surface area contributed by atoms with Crippen molar-refractivity contribution in [1.82, 2.24) is 4.98 Å². The number of H-pyrrole nitrogens is 1. The van der Waals surface area contributed by atoms with Crippen LogP contribution in [0, 0.1) is 29.1 Å². The van der Waals surface area contributed by atoms with Crippen LogP contribution in [0.5, 0.6) is 17.2 Å². The van der Waals surface area contributed by atoms with Gasteiger partial charge in [-0.3, -0.25) is 9.59 Å². The van der Waals surface area contributed by atoms with E-state index in [1.165, 1.54) is 5.56 Å². The lowest BCUT2D eigenvalue weighted by atomic mass is 9.76. The van der Waals surface area contributed by atoms with Crippen LogP contribution in [0.1, 0.15) is 136 Å². The summed E-state index contributed by atoms with van der Waals surface area (Å²) in [6.45, 7) is 2.13. The van der Waals surface area contributed by atoms with Crippen LogP contribution in [0.4, 0.5) is 0 Å². The Hall–Kier alpha value is -5.30. The van der Waals surface area contributed by atoms with Gasteiger partial charge in [-0.1, -0.05) is 88.0 Å². The van der Waals surface area contributed by atoms with Crippen molar-refractivity contribution in [2.45, 2.75) is 120 Å². The number of ketones is 2. The van der Waals surface area contributed by atoms with E-state index in [1.54, 1.807) is 64.2 Å². The molecular weight excluding hydrogens is 943 g/mol. The molecule has 2 aliphatic carbocycles. The molecule has 1 aliphatic heterocycles. The molecule has 4 aromatic carbocycles. The topological polar surface area (TPSA) is 212 Å². The van der Waals surface area contributed by atoms with E-state index >= 15 is 0 Å². The van der Waals surface area contributed by atoms with Gasteiger partial charge in [0.2, 0.25) is 0 Å². The van der Waals surface area contributed by atoms with E-state index in [9.17, 15) is 35.1 Å². The first-order valence-corrected chi connectivity index (χ1v) is 27.9. The number of benzene rings is 4. The van der Waals surface area contributed by atoms with Gasteiger partial charge in [-0.15, -0.1) is 0 Å². The van der Waals surface area contributed by atoms with Crippen molar-refractivity contribution in [1.29, 1.82) is 0 Å². The number of aryl methyl sites for hydroxylation is 2. The fourth-order valence-corrected chi connectivity index (χ4v) is 13.6. The van der Waals surface area contributed by atoms with Crippen molar-refractivity contribution < 1.29 is 39.9 Å². The molecule has 10 N–H and O–H groups in total. The van der Waals surface area contributed by atoms with Crippen LogP contribution >= 0.6 is 21.6 Å². The van der Waals surface area contributed by atoms with Gasteiger partial charge >= 0.3 is 0 Å². The molecule has 0 spiro atoms. The Morgan fingerprint density at radius 1 is 0.889 bits per heavy atom. The highest BCUT2D eigenvalue weighted by atomic mass is 33.1. The first-order chi connectivity index (χ1) is 34.8. The Morgan fingerprint density at radius 3 is 2.44 bits per heavy atom. The summed E-state index contributed by atoms with van der Waals surface area (Å²) in [7, 11) is 3.33. The van der Waals surface area contributed by atoms with Gasteiger partial charge in [0.05, 0.1) is 31.4 Å². The first-order valence-electron chi connectivity index (χ1n) is 25.4. The number of hydrogen-bond acceptors (Lipinski definition) is 12. The molecule has 8 bridgehead atoms. The lowest BCUT2D eigenvalue weighted by Crippen LogP contribution is -2.22. The van der Waals surface area contributed by atoms with Gasteiger partial charge in [-0.2, -0.15) is 0 Å². The SMILES string of the molecule is C[C@H](O)C[C@H](CCc1ccccc1CCO)CC[C@@]12/C=C/C(=O)CCc3ccc(O)c(c3)OCCc3ccc(O)c(c3)[C@H]3CC(=O)c4cc[nH]c4CC#Cc4cc(C(N)N)c(cc43)CSSC[C@H](C1)[C@H](O)C2. The quantitative estimate of drug-likeness (QED) is 0.0353. The summed E-state index contributed by atoms with van der Waals surface area (Å²) in [4.78, 5) is 31.2. The maximum atomic E-state index is 14.3. The molecule has 0 amide bonds. The second kappa shape index (κ2) is 24.6. The minimum atomic E-state index is -0.809. The Morgan fingerprint density at radius 2 is 1.67 bits per heavy atom. The van der Waals surface area contributed by atoms with Gasteiger partial charge < -0.3 is 46.7 Å². The monoisotopic (exact) mass is 1010 g/mol. The van der Waals surface area contributed by atoms with Gasteiger partial charge in [-0.05, 0) is 157 Å². The van der Waals surface area contributed by atoms with Gasteiger partial charge in [-0.25, -0.2) is 0 Å². The van der Waals surface area contributed by atoms with Crippen molar-refractivity contribution in [3.8, 4) is 29.1 Å². The fourth-order valence-electron chi connectivity index (χ4n) is 11.0. The number of nitrogens with two attached hydrogens (primary N) is 2. The number of phenolic OH excluding ortho intramolecular Hbond substituents is 2. The maximum absolute atomic E-state index is 14.3. The average molecular weight is 1010 g/mol. The van der Waals surface area contributed by atoms with Gasteiger partial charge in [0, 0.05) is 71.9 Å². The zero-order valence-corrected chi connectivity index (χ0v) is 42.8. The molecule has 13 heteroatoms. The molecule has 5 aromatic rings. The number of hydrogen-bond donors (Lipinski definition) is 8. The summed E-state index contributed by atoms with van der Waals surface area (Å²) >= 11 is 0. The highest BCUT2D eigenvalue weighted by molar-refractivity contribution is 8.76. The number of aliphatic hydroxyl groups is 3. The van der Waals surface area contributed by atoms with Crippen LogP contribution in [0.15, 0.2) is 97.2 Å². The van der Waals surface area contributed by atoms with Crippen LogP contribution in [-0.4, -0.2) is 73.3 Å². The highest BCUT2D eigenvalue weighted by Crippen LogP contribution is 2.50. The van der Waals surface area contributed by atoms with Crippen LogP contribution in [0.2, 0.25) is 0 Å². The lowest BCUT2D eigenvalue weighted by molar-refractivity contribution is -0.114. The predicted octanol–water partition coefficient (Wildman–Crippen LogP) is 9.32. The number of ether oxygens (including phenoxy) is 1. The molecule has 3 aliphatic rings. The Kier molecular flexibility index (Phi) is 18.1. The summed E-state index contributed by atoms with van der Waals surface area (Å²) in [6, 6.07) is 24.5. The summed E-state index contributed by atoms with van der Waals surface area (Å²) in [6.07, 6.45) is 10.9. The third-order valence-corrected chi connectivity index (χ3v) is 17.4. The van der Waals surface area contributed by atoms with Crippen molar-refractivity contribution in [3.05, 3.63) is 159 Å². The average Bonchev–Trinajstić information content (AvgIpc) is 3.96. The number of allylic oxidation sites excluding steroid dienone is 2. The molecule has 1 fully saturated rings. The zero-order chi connectivity index (χ0) is 50.8. The second-order valence-electron chi connectivity index (χ2n) is 20.2. The number of aromatic hydroxyl groups is 2. The van der Waals surface area contributed by atoms with E-state index in [0.717, 1.165) is 64.8 Å². The lowest BCUT2D eigenvalue weighted by Gasteiger charge is -2.29. The molecule has 380 valence electrons. The number of aromatic nitrogens is 1. The van der Waals surface area contributed by atoms with Crippen molar-refractivity contribution in [2.75, 3.05) is 19.0 Å². The van der Waals surface area contributed by atoms with E-state index in [-0.39, 0.29) is 61.0 Å². The first kappa shape index (κ1) is 53.0. The van der Waals surface area contributed by atoms with E-state index in [1.807, 2.05) is 37.3 Å². The van der Waals surface area contributed by atoms with Crippen molar-refractivity contribution in [3.63, 3.8) is 0 Å². The normalized spacial score (nSPS) is 22.1. The number of nitrogens with one attached hydrogen (secondary N) is 1. The van der Waals surface area contributed by atoms with Gasteiger partial charge in [0.1, 0.15) is 5.75 Å². The number of phenols is 2. The number of carbonyl (C=O) groups excluding carboxylic acids is 2. The van der Waals surface area contributed by atoms with Gasteiger partial charge in [0.25, 0.3) is 0 Å². The van der Waals surface area contributed by atoms with Crippen LogP contribution in [-0.2, 0) is 42.7 Å². The number of rotatable bonds is 11. The number of aromatic amines is 1. The molecular formula is C59H69N3O8S2. The smallest absolute Gasteiger partial charge is 0.165 e. The number of Topliss-reactive ketones (excluding diaryl/α,β-unsaturated/α-hetero) is 1. The minimum absolute atomic E-state index is 0.0150. The summed E-state index contributed by atoms with van der Waals surface area (Å²) in [5.41, 5.74) is 21.6. The van der Waals surface area contributed by atoms with Crippen LogP contribution in [0.25, 0.3) is 0 Å². The highest BCUT2D eigenvalue weighted by Gasteiger charge is 2.43. The molecule has 0 radical (unpaired) electrons. The Bertz CT molecular complexity index is 2790. The molecule has 0 unspecified atom stereocenters. The third kappa shape index (κ3) is 13.5. The minimum Gasteiger partial charge on any atom is -0.508 e. The Balaban J connectivity index is 1.11. The van der Waals surface area contributed by atoms with Crippen LogP contribution in [0.3, 0.4) is 0 Å². The number of carbonyl (C=O) groups is 2. The summed E-state index contributed by atoms with van der Waals surface area (Å²) in [5, 5.41) is 54.7. The number of aliphatic hydroxyl groups excluding tert-OH is 3.